The van der Waals surface area contributed by atoms with Crippen LogP contribution in [0.4, 0.5) is 5.69 Å². The van der Waals surface area contributed by atoms with Crippen molar-refractivity contribution >= 4 is 40.7 Å². The van der Waals surface area contributed by atoms with Gasteiger partial charge in [-0.25, -0.2) is 0 Å². The van der Waals surface area contributed by atoms with E-state index in [9.17, 15) is 9.59 Å². The maximum Gasteiger partial charge on any atom is 0.257 e. The number of carbonyl (C=O) groups excluding carboxylic acids is 2. The van der Waals surface area contributed by atoms with Gasteiger partial charge in [-0.1, -0.05) is 35.3 Å². The first-order valence-electron chi connectivity index (χ1n) is 7.71. The monoisotopic (exact) mass is 362 g/mol. The van der Waals surface area contributed by atoms with Gasteiger partial charge in [0.1, 0.15) is 0 Å². The number of carbonyl (C=O) groups is 2. The lowest BCUT2D eigenvalue weighted by Crippen LogP contribution is -2.28. The van der Waals surface area contributed by atoms with E-state index in [4.69, 9.17) is 23.2 Å². The van der Waals surface area contributed by atoms with Crippen molar-refractivity contribution < 1.29 is 9.59 Å². The number of rotatable bonds is 3. The van der Waals surface area contributed by atoms with Crippen molar-refractivity contribution in [3.05, 3.63) is 63.6 Å². The summed E-state index contributed by atoms with van der Waals surface area (Å²) in [6, 6.07) is 11.7. The molecule has 2 amide bonds. The molecule has 1 aliphatic rings. The number of nitrogens with zero attached hydrogens (tertiary/aromatic N) is 1. The molecule has 0 atom stereocenters. The van der Waals surface area contributed by atoms with Crippen molar-refractivity contribution in [2.75, 3.05) is 18.4 Å². The summed E-state index contributed by atoms with van der Waals surface area (Å²) < 4.78 is 0. The number of benzene rings is 2. The van der Waals surface area contributed by atoms with Crippen molar-refractivity contribution in [2.24, 2.45) is 0 Å². The van der Waals surface area contributed by atoms with Gasteiger partial charge in [-0.05, 0) is 43.2 Å². The maximum atomic E-state index is 12.6. The zero-order valence-corrected chi connectivity index (χ0v) is 14.4. The van der Waals surface area contributed by atoms with Crippen LogP contribution in [-0.2, 0) is 0 Å². The molecule has 3 rings (SSSR count). The van der Waals surface area contributed by atoms with E-state index in [1.807, 2.05) is 0 Å². The molecule has 6 heteroatoms. The number of likely N-dealkylation sites (tertiary alicyclic amines) is 1. The predicted octanol–water partition coefficient (Wildman–Crippen LogP) is 4.48. The molecule has 0 spiro atoms. The summed E-state index contributed by atoms with van der Waals surface area (Å²) in [5, 5.41) is 3.50. The molecule has 1 fully saturated rings. The van der Waals surface area contributed by atoms with Gasteiger partial charge in [0.15, 0.2) is 0 Å². The largest absolute Gasteiger partial charge is 0.339 e. The van der Waals surface area contributed by atoms with Crippen LogP contribution in [0, 0.1) is 0 Å². The molecular weight excluding hydrogens is 347 g/mol. The van der Waals surface area contributed by atoms with E-state index in [1.54, 1.807) is 41.3 Å². The zero-order valence-electron chi connectivity index (χ0n) is 12.9. The van der Waals surface area contributed by atoms with E-state index in [1.165, 1.54) is 6.07 Å². The third-order valence-electron chi connectivity index (χ3n) is 3.97. The number of halogens is 2. The van der Waals surface area contributed by atoms with Gasteiger partial charge in [-0.2, -0.15) is 0 Å². The minimum Gasteiger partial charge on any atom is -0.339 e. The smallest absolute Gasteiger partial charge is 0.257 e. The van der Waals surface area contributed by atoms with E-state index in [0.29, 0.717) is 21.3 Å². The number of nitrogens with one attached hydrogen (secondary N) is 1. The highest BCUT2D eigenvalue weighted by Gasteiger charge is 2.22. The quantitative estimate of drug-likeness (QED) is 0.874. The summed E-state index contributed by atoms with van der Waals surface area (Å²) >= 11 is 12.0. The lowest BCUT2D eigenvalue weighted by molar-refractivity contribution is 0.0794. The van der Waals surface area contributed by atoms with Crippen molar-refractivity contribution in [3.8, 4) is 0 Å². The fourth-order valence-corrected chi connectivity index (χ4v) is 3.11. The first-order chi connectivity index (χ1) is 11.6. The van der Waals surface area contributed by atoms with Crippen molar-refractivity contribution in [1.29, 1.82) is 0 Å². The number of hydrogen-bond acceptors (Lipinski definition) is 2. The standard InChI is InChI=1S/C18H16Cl2N2O2/c19-12-7-8-15(20)14(11-12)17(23)21-16-6-2-1-5-13(16)18(24)22-9-3-4-10-22/h1-2,5-8,11H,3-4,9-10H2,(H,21,23). The van der Waals surface area contributed by atoms with Crippen LogP contribution in [0.25, 0.3) is 0 Å². The minimum absolute atomic E-state index is 0.0689. The predicted molar refractivity (Wildman–Crippen MR) is 96.0 cm³/mol. The normalized spacial score (nSPS) is 13.8. The fourth-order valence-electron chi connectivity index (χ4n) is 2.73. The lowest BCUT2D eigenvalue weighted by Gasteiger charge is -2.18. The maximum absolute atomic E-state index is 12.6. The second-order valence-corrected chi connectivity index (χ2v) is 6.47. The molecule has 0 aliphatic carbocycles. The Morgan fingerprint density at radius 1 is 0.958 bits per heavy atom. The summed E-state index contributed by atoms with van der Waals surface area (Å²) in [6.45, 7) is 1.50. The average Bonchev–Trinajstić information content (AvgIpc) is 3.11. The molecular formula is C18H16Cl2N2O2. The summed E-state index contributed by atoms with van der Waals surface area (Å²) in [5.41, 5.74) is 1.22. The van der Waals surface area contributed by atoms with E-state index in [0.717, 1.165) is 25.9 Å². The Morgan fingerprint density at radius 2 is 1.67 bits per heavy atom. The van der Waals surface area contributed by atoms with E-state index < -0.39 is 5.91 Å². The van der Waals surface area contributed by atoms with Crippen LogP contribution in [0.15, 0.2) is 42.5 Å². The zero-order chi connectivity index (χ0) is 17.1. The van der Waals surface area contributed by atoms with Crippen LogP contribution in [-0.4, -0.2) is 29.8 Å². The van der Waals surface area contributed by atoms with Gasteiger partial charge in [0.25, 0.3) is 11.8 Å². The molecule has 4 nitrogen and oxygen atoms in total. The number of para-hydroxylation sites is 1. The van der Waals surface area contributed by atoms with Gasteiger partial charge in [0.2, 0.25) is 0 Å². The van der Waals surface area contributed by atoms with Gasteiger partial charge in [-0.3, -0.25) is 9.59 Å². The Hall–Kier alpha value is -2.04. The third-order valence-corrected chi connectivity index (χ3v) is 4.54. The lowest BCUT2D eigenvalue weighted by atomic mass is 10.1. The van der Waals surface area contributed by atoms with Gasteiger partial charge in [-0.15, -0.1) is 0 Å². The number of anilines is 1. The summed E-state index contributed by atoms with van der Waals surface area (Å²) in [5.74, 6) is -0.468. The van der Waals surface area contributed by atoms with E-state index >= 15 is 0 Å². The van der Waals surface area contributed by atoms with Crippen LogP contribution in [0.1, 0.15) is 33.6 Å². The SMILES string of the molecule is O=C(Nc1ccccc1C(=O)N1CCCC1)c1cc(Cl)ccc1Cl. The third kappa shape index (κ3) is 3.55. The molecule has 24 heavy (non-hydrogen) atoms. The Bertz CT molecular complexity index is 786. The molecule has 0 unspecified atom stereocenters. The molecule has 2 aromatic carbocycles. The average molecular weight is 363 g/mol. The Kier molecular flexibility index (Phi) is 5.07. The van der Waals surface area contributed by atoms with Crippen LogP contribution in [0.2, 0.25) is 10.0 Å². The van der Waals surface area contributed by atoms with E-state index in [-0.39, 0.29) is 11.5 Å². The van der Waals surface area contributed by atoms with Crippen LogP contribution >= 0.6 is 23.2 Å². The molecule has 2 aromatic rings. The Labute approximate surface area is 150 Å². The highest BCUT2D eigenvalue weighted by atomic mass is 35.5. The highest BCUT2D eigenvalue weighted by molar-refractivity contribution is 6.36. The molecule has 1 N–H and O–H groups in total. The first kappa shape index (κ1) is 16.8. The number of hydrogen-bond donors (Lipinski definition) is 1. The topological polar surface area (TPSA) is 49.4 Å². The van der Waals surface area contributed by atoms with Gasteiger partial charge in [0, 0.05) is 18.1 Å². The van der Waals surface area contributed by atoms with Gasteiger partial charge < -0.3 is 10.2 Å². The van der Waals surface area contributed by atoms with Crippen molar-refractivity contribution in [2.45, 2.75) is 12.8 Å². The minimum atomic E-state index is -0.399. The molecule has 0 aromatic heterocycles. The van der Waals surface area contributed by atoms with Gasteiger partial charge in [0.05, 0.1) is 21.8 Å². The molecule has 0 saturated carbocycles. The first-order valence-corrected chi connectivity index (χ1v) is 8.46. The van der Waals surface area contributed by atoms with Gasteiger partial charge >= 0.3 is 0 Å². The highest BCUT2D eigenvalue weighted by Crippen LogP contribution is 2.24. The second-order valence-electron chi connectivity index (χ2n) is 5.62. The van der Waals surface area contributed by atoms with Crippen LogP contribution in [0.3, 0.4) is 0 Å². The van der Waals surface area contributed by atoms with E-state index in [2.05, 4.69) is 5.32 Å². The Morgan fingerprint density at radius 3 is 2.42 bits per heavy atom. The molecule has 0 bridgehead atoms. The Balaban J connectivity index is 1.86. The molecule has 1 saturated heterocycles. The second kappa shape index (κ2) is 7.24. The van der Waals surface area contributed by atoms with Crippen LogP contribution in [0.5, 0.6) is 0 Å². The fraction of sp³-hybridized carbons (Fsp3) is 0.222. The summed E-state index contributed by atoms with van der Waals surface area (Å²) in [7, 11) is 0. The summed E-state index contributed by atoms with van der Waals surface area (Å²) in [6.07, 6.45) is 2.02. The molecule has 1 aliphatic heterocycles. The van der Waals surface area contributed by atoms with Crippen molar-refractivity contribution in [3.63, 3.8) is 0 Å². The van der Waals surface area contributed by atoms with Crippen molar-refractivity contribution in [1.82, 2.24) is 4.90 Å². The molecule has 124 valence electrons. The molecule has 0 radical (unpaired) electrons. The number of amides is 2. The molecule has 1 heterocycles. The van der Waals surface area contributed by atoms with Crippen LogP contribution < -0.4 is 5.32 Å². The summed E-state index contributed by atoms with van der Waals surface area (Å²) in [4.78, 5) is 26.9.